The summed E-state index contributed by atoms with van der Waals surface area (Å²) in [5, 5.41) is 0. The van der Waals surface area contributed by atoms with E-state index in [9.17, 15) is 4.79 Å². The molecule has 0 bridgehead atoms. The molecule has 0 saturated carbocycles. The first kappa shape index (κ1) is 14.9. The highest BCUT2D eigenvalue weighted by molar-refractivity contribution is 5.78. The van der Waals surface area contributed by atoms with Crippen molar-refractivity contribution < 1.29 is 9.53 Å². The van der Waals surface area contributed by atoms with Crippen LogP contribution in [0.1, 0.15) is 31.4 Å². The molecule has 20 heavy (non-hydrogen) atoms. The molecule has 0 radical (unpaired) electrons. The van der Waals surface area contributed by atoms with E-state index < -0.39 is 0 Å². The molecule has 1 aliphatic rings. The Balaban J connectivity index is 2.15. The number of hydrogen-bond acceptors (Lipinski definition) is 3. The number of methoxy groups -OCH3 is 1. The molecule has 4 heteroatoms. The Kier molecular flexibility index (Phi) is 4.65. The molecule has 110 valence electrons. The Morgan fingerprint density at radius 1 is 1.45 bits per heavy atom. The van der Waals surface area contributed by atoms with E-state index in [4.69, 9.17) is 10.5 Å². The second-order valence-electron chi connectivity index (χ2n) is 5.83. The van der Waals surface area contributed by atoms with Crippen LogP contribution in [-0.4, -0.2) is 24.5 Å². The molecule has 4 nitrogen and oxygen atoms in total. The highest BCUT2D eigenvalue weighted by Crippen LogP contribution is 2.28. The SMILES string of the molecule is COc1ccc(CN)cc1CN1CC(C(C)C)CC1=O. The number of nitrogens with two attached hydrogens (primary N) is 1. The van der Waals surface area contributed by atoms with Gasteiger partial charge in [-0.1, -0.05) is 19.9 Å². The molecular weight excluding hydrogens is 252 g/mol. The summed E-state index contributed by atoms with van der Waals surface area (Å²) in [5.74, 6) is 2.07. The topological polar surface area (TPSA) is 55.6 Å². The van der Waals surface area contributed by atoms with Gasteiger partial charge in [0.1, 0.15) is 5.75 Å². The predicted molar refractivity (Wildman–Crippen MR) is 79.2 cm³/mol. The molecule has 1 heterocycles. The van der Waals surface area contributed by atoms with Crippen molar-refractivity contribution in [3.63, 3.8) is 0 Å². The van der Waals surface area contributed by atoms with Gasteiger partial charge in [0.15, 0.2) is 0 Å². The van der Waals surface area contributed by atoms with Crippen LogP contribution in [0.2, 0.25) is 0 Å². The molecule has 1 saturated heterocycles. The summed E-state index contributed by atoms with van der Waals surface area (Å²) < 4.78 is 5.39. The maximum atomic E-state index is 12.1. The number of benzene rings is 1. The van der Waals surface area contributed by atoms with Crippen molar-refractivity contribution in [1.82, 2.24) is 4.90 Å². The van der Waals surface area contributed by atoms with Crippen LogP contribution in [0.25, 0.3) is 0 Å². The Bertz CT molecular complexity index is 485. The van der Waals surface area contributed by atoms with E-state index in [1.807, 2.05) is 23.1 Å². The number of hydrogen-bond donors (Lipinski definition) is 1. The van der Waals surface area contributed by atoms with E-state index in [-0.39, 0.29) is 5.91 Å². The third-order valence-electron chi connectivity index (χ3n) is 4.13. The smallest absolute Gasteiger partial charge is 0.223 e. The minimum atomic E-state index is 0.240. The maximum Gasteiger partial charge on any atom is 0.223 e. The van der Waals surface area contributed by atoms with Crippen molar-refractivity contribution in [2.75, 3.05) is 13.7 Å². The van der Waals surface area contributed by atoms with Crippen LogP contribution in [0.3, 0.4) is 0 Å². The molecule has 1 aromatic rings. The highest BCUT2D eigenvalue weighted by atomic mass is 16.5. The number of rotatable bonds is 5. The average Bonchev–Trinajstić information content (AvgIpc) is 2.80. The van der Waals surface area contributed by atoms with Crippen LogP contribution < -0.4 is 10.5 Å². The monoisotopic (exact) mass is 276 g/mol. The molecule has 0 aromatic heterocycles. The summed E-state index contributed by atoms with van der Waals surface area (Å²) in [4.78, 5) is 14.0. The summed E-state index contributed by atoms with van der Waals surface area (Å²) in [6.07, 6.45) is 0.663. The van der Waals surface area contributed by atoms with Gasteiger partial charge < -0.3 is 15.4 Å². The van der Waals surface area contributed by atoms with Gasteiger partial charge in [0.25, 0.3) is 0 Å². The molecule has 0 spiro atoms. The van der Waals surface area contributed by atoms with Gasteiger partial charge in [0.2, 0.25) is 5.91 Å². The van der Waals surface area contributed by atoms with Gasteiger partial charge in [0, 0.05) is 31.6 Å². The van der Waals surface area contributed by atoms with Gasteiger partial charge in [-0.25, -0.2) is 0 Å². The van der Waals surface area contributed by atoms with Gasteiger partial charge in [-0.3, -0.25) is 4.79 Å². The van der Waals surface area contributed by atoms with Crippen molar-refractivity contribution in [3.8, 4) is 5.75 Å². The maximum absolute atomic E-state index is 12.1. The van der Waals surface area contributed by atoms with E-state index in [0.717, 1.165) is 23.4 Å². The molecule has 2 N–H and O–H groups in total. The quantitative estimate of drug-likeness (QED) is 0.896. The van der Waals surface area contributed by atoms with Gasteiger partial charge in [-0.15, -0.1) is 0 Å². The minimum Gasteiger partial charge on any atom is -0.496 e. The average molecular weight is 276 g/mol. The molecule has 1 amide bonds. The van der Waals surface area contributed by atoms with Crippen LogP contribution in [0, 0.1) is 11.8 Å². The third kappa shape index (κ3) is 3.12. The van der Waals surface area contributed by atoms with Crippen molar-refractivity contribution in [1.29, 1.82) is 0 Å². The van der Waals surface area contributed by atoms with Crippen molar-refractivity contribution in [3.05, 3.63) is 29.3 Å². The first-order valence-electron chi connectivity index (χ1n) is 7.18. The predicted octanol–water partition coefficient (Wildman–Crippen LogP) is 2.16. The van der Waals surface area contributed by atoms with E-state index in [1.165, 1.54) is 0 Å². The summed E-state index contributed by atoms with van der Waals surface area (Å²) in [5.41, 5.74) is 7.78. The summed E-state index contributed by atoms with van der Waals surface area (Å²) in [7, 11) is 1.66. The van der Waals surface area contributed by atoms with Gasteiger partial charge in [-0.2, -0.15) is 0 Å². The molecule has 1 aliphatic heterocycles. The van der Waals surface area contributed by atoms with Gasteiger partial charge in [0.05, 0.1) is 7.11 Å². The molecule has 1 atom stereocenters. The van der Waals surface area contributed by atoms with E-state index >= 15 is 0 Å². The Morgan fingerprint density at radius 3 is 2.75 bits per heavy atom. The lowest BCUT2D eigenvalue weighted by molar-refractivity contribution is -0.128. The van der Waals surface area contributed by atoms with Crippen molar-refractivity contribution >= 4 is 5.91 Å². The third-order valence-corrected chi connectivity index (χ3v) is 4.13. The first-order chi connectivity index (χ1) is 9.55. The number of ether oxygens (including phenoxy) is 1. The number of likely N-dealkylation sites (tertiary alicyclic amines) is 1. The van der Waals surface area contributed by atoms with Crippen LogP contribution in [-0.2, 0) is 17.9 Å². The van der Waals surface area contributed by atoms with Crippen molar-refractivity contribution in [2.24, 2.45) is 17.6 Å². The number of carbonyl (C=O) groups excluding carboxylic acids is 1. The second kappa shape index (κ2) is 6.27. The largest absolute Gasteiger partial charge is 0.496 e. The Morgan fingerprint density at radius 2 is 2.20 bits per heavy atom. The number of amides is 1. The normalized spacial score (nSPS) is 18.9. The van der Waals surface area contributed by atoms with E-state index in [1.54, 1.807) is 7.11 Å². The van der Waals surface area contributed by atoms with Gasteiger partial charge in [-0.05, 0) is 29.5 Å². The van der Waals surface area contributed by atoms with Crippen LogP contribution in [0.4, 0.5) is 0 Å². The summed E-state index contributed by atoms with van der Waals surface area (Å²) in [6.45, 7) is 6.30. The lowest BCUT2D eigenvalue weighted by Gasteiger charge is -2.20. The zero-order valence-corrected chi connectivity index (χ0v) is 12.6. The summed E-state index contributed by atoms with van der Waals surface area (Å²) >= 11 is 0. The fourth-order valence-electron chi connectivity index (χ4n) is 2.69. The molecule has 1 unspecified atom stereocenters. The lowest BCUT2D eigenvalue weighted by Crippen LogP contribution is -2.25. The fraction of sp³-hybridized carbons (Fsp3) is 0.562. The lowest BCUT2D eigenvalue weighted by atomic mass is 9.95. The molecular formula is C16H24N2O2. The highest BCUT2D eigenvalue weighted by Gasteiger charge is 2.31. The molecule has 0 aliphatic carbocycles. The summed E-state index contributed by atoms with van der Waals surface area (Å²) in [6, 6.07) is 5.93. The van der Waals surface area contributed by atoms with E-state index in [0.29, 0.717) is 31.3 Å². The molecule has 2 rings (SSSR count). The number of nitrogens with zero attached hydrogens (tertiary/aromatic N) is 1. The fourth-order valence-corrected chi connectivity index (χ4v) is 2.69. The van der Waals surface area contributed by atoms with Crippen LogP contribution in [0.5, 0.6) is 5.75 Å². The molecule has 1 aromatic carbocycles. The Labute approximate surface area is 120 Å². The second-order valence-corrected chi connectivity index (χ2v) is 5.83. The number of carbonyl (C=O) groups is 1. The van der Waals surface area contributed by atoms with Crippen LogP contribution in [0.15, 0.2) is 18.2 Å². The van der Waals surface area contributed by atoms with Gasteiger partial charge >= 0.3 is 0 Å². The standard InChI is InChI=1S/C16H24N2O2/c1-11(2)13-7-16(19)18(9-13)10-14-6-12(8-17)4-5-15(14)20-3/h4-6,11,13H,7-10,17H2,1-3H3. The van der Waals surface area contributed by atoms with E-state index in [2.05, 4.69) is 13.8 Å². The zero-order valence-electron chi connectivity index (χ0n) is 12.6. The zero-order chi connectivity index (χ0) is 14.7. The molecule has 1 fully saturated rings. The van der Waals surface area contributed by atoms with Crippen molar-refractivity contribution in [2.45, 2.75) is 33.4 Å². The first-order valence-corrected chi connectivity index (χ1v) is 7.18. The minimum absolute atomic E-state index is 0.240. The van der Waals surface area contributed by atoms with Crippen LogP contribution >= 0.6 is 0 Å². The Hall–Kier alpha value is -1.55.